The lowest BCUT2D eigenvalue weighted by atomic mass is 10.1. The lowest BCUT2D eigenvalue weighted by Gasteiger charge is -2.00. The molecule has 10 aromatic rings. The monoisotopic (exact) mass is 1220 g/mol. The van der Waals surface area contributed by atoms with Gasteiger partial charge < -0.3 is 9.05 Å². The zero-order chi connectivity index (χ0) is 62.7. The molecule has 0 radical (unpaired) electrons. The highest BCUT2D eigenvalue weighted by atomic mass is 32.1. The molecule has 84 heavy (non-hydrogen) atoms. The average molecular weight is 1220 g/mol. The summed E-state index contributed by atoms with van der Waals surface area (Å²) in [5.41, 5.74) is 8.62. The number of rotatable bonds is 10. The molecule has 10 rings (SSSR count). The quantitative estimate of drug-likeness (QED) is 0.124. The zero-order valence-corrected chi connectivity index (χ0v) is 56.5. The van der Waals surface area contributed by atoms with Crippen LogP contribution in [0.3, 0.4) is 0 Å². The van der Waals surface area contributed by atoms with E-state index in [0.717, 1.165) is 39.4 Å². The van der Waals surface area contributed by atoms with E-state index in [0.29, 0.717) is 59.2 Å². The van der Waals surface area contributed by atoms with Crippen LogP contribution in [0.1, 0.15) is 253 Å². The maximum atomic E-state index is 4.63. The van der Waals surface area contributed by atoms with Gasteiger partial charge in [0.1, 0.15) is 29.7 Å². The summed E-state index contributed by atoms with van der Waals surface area (Å²) in [6, 6.07) is 17.6. The van der Waals surface area contributed by atoms with E-state index in [-0.39, 0.29) is 0 Å². The fraction of sp³-hybridized carbons (Fsp3) is 0.476. The Morgan fingerprint density at radius 2 is 1.01 bits per heavy atom. The van der Waals surface area contributed by atoms with Crippen molar-refractivity contribution in [1.29, 1.82) is 0 Å². The maximum absolute atomic E-state index is 4.63. The molecule has 0 saturated carbocycles. The summed E-state index contributed by atoms with van der Waals surface area (Å²) in [5.74, 6) is 6.80. The van der Waals surface area contributed by atoms with Crippen molar-refractivity contribution in [2.24, 2.45) is 0 Å². The van der Waals surface area contributed by atoms with Crippen LogP contribution in [0.15, 0.2) is 148 Å². The van der Waals surface area contributed by atoms with E-state index in [1.807, 2.05) is 91.0 Å². The van der Waals surface area contributed by atoms with Crippen molar-refractivity contribution in [2.75, 3.05) is 0 Å². The second-order valence-electron chi connectivity index (χ2n) is 21.4. The molecule has 21 heteroatoms. The van der Waals surface area contributed by atoms with Crippen molar-refractivity contribution in [3.8, 4) is 0 Å². The molecule has 0 aliphatic carbocycles. The van der Waals surface area contributed by atoms with Gasteiger partial charge in [-0.3, -0.25) is 4.98 Å². The highest BCUT2D eigenvalue weighted by Gasteiger charge is 2.04. The molecule has 0 aromatic carbocycles. The Bertz CT molecular complexity index is 2420. The minimum atomic E-state index is 0.369. The minimum absolute atomic E-state index is 0.369. The highest BCUT2D eigenvalue weighted by molar-refractivity contribution is 7.09. The Hall–Kier alpha value is -6.81. The average Bonchev–Trinajstić information content (AvgIpc) is 4.35. The molecule has 10 heterocycles. The molecule has 0 N–H and O–H groups in total. The second-order valence-corrected chi connectivity index (χ2v) is 24.5. The van der Waals surface area contributed by atoms with Crippen LogP contribution < -0.4 is 0 Å². The standard InChI is InChI=1S/C8H11N.3C7H10N2.C6H9NO.3C6H9NS.C5H8N2O.C5H8N2S/c1-7(2)8-5-3-4-6-9-8;1-6(2)7-3-4-8-5-9-7;1-6(2)7-8-4-3-5-9-7;1-6(2)7-4-3-5-8-9-7;1-5(2)6-3-4-8-7-6;1-5(2)6-3-8-4-7-6;1-5(2)6-7-3-4-8-6;1-5(2)6-3-4-8-7-6;1-4(2)5-6-3-8-7-5;1-4(2)5-6-3-7-8-5/h3-7H,1-2H3;3*3-6H,1-2H3;4*3-5H,1-2H3;2*3-4H,1-2H3. The summed E-state index contributed by atoms with van der Waals surface area (Å²) >= 11 is 6.36. The van der Waals surface area contributed by atoms with Gasteiger partial charge in [-0.1, -0.05) is 155 Å². The van der Waals surface area contributed by atoms with E-state index in [2.05, 4.69) is 219 Å². The first-order valence-electron chi connectivity index (χ1n) is 28.4. The number of nitrogens with zero attached hydrogens (tertiary/aromatic N) is 15. The number of pyridine rings is 1. The molecular weight excluding hydrogens is 1130 g/mol. The van der Waals surface area contributed by atoms with Crippen molar-refractivity contribution in [3.05, 3.63) is 195 Å². The molecule has 0 saturated heterocycles. The van der Waals surface area contributed by atoms with Gasteiger partial charge in [0.15, 0.2) is 5.82 Å². The van der Waals surface area contributed by atoms with Crippen LogP contribution in [0.2, 0.25) is 0 Å². The molecule has 0 aliphatic rings. The topological polar surface area (TPSA) is 220 Å². The van der Waals surface area contributed by atoms with Gasteiger partial charge in [-0.2, -0.15) is 23.9 Å². The van der Waals surface area contributed by atoms with Crippen molar-refractivity contribution < 1.29 is 9.05 Å². The molecular formula is C63H93N15O2S4. The summed E-state index contributed by atoms with van der Waals surface area (Å²) < 4.78 is 17.2. The van der Waals surface area contributed by atoms with Gasteiger partial charge in [0.2, 0.25) is 6.39 Å². The summed E-state index contributed by atoms with van der Waals surface area (Å²) in [7, 11) is 0. The fourth-order valence-electron chi connectivity index (χ4n) is 5.53. The van der Waals surface area contributed by atoms with E-state index >= 15 is 0 Å². The van der Waals surface area contributed by atoms with E-state index < -0.39 is 0 Å². The van der Waals surface area contributed by atoms with Gasteiger partial charge >= 0.3 is 0 Å². The van der Waals surface area contributed by atoms with Crippen LogP contribution in [0, 0.1) is 0 Å². The zero-order valence-electron chi connectivity index (χ0n) is 53.2. The van der Waals surface area contributed by atoms with Gasteiger partial charge in [-0.25, -0.2) is 34.9 Å². The smallest absolute Gasteiger partial charge is 0.213 e. The number of hydrogen-bond donors (Lipinski definition) is 0. The predicted octanol–water partition coefficient (Wildman–Crippen LogP) is 18.5. The van der Waals surface area contributed by atoms with E-state index in [4.69, 9.17) is 0 Å². The molecule has 0 unspecified atom stereocenters. The van der Waals surface area contributed by atoms with Crippen molar-refractivity contribution in [2.45, 2.75) is 198 Å². The number of aromatic nitrogens is 15. The lowest BCUT2D eigenvalue weighted by molar-refractivity contribution is 0.407. The minimum Gasteiger partial charge on any atom is -0.365 e. The molecule has 0 aliphatic heterocycles. The van der Waals surface area contributed by atoms with E-state index in [1.54, 1.807) is 66.4 Å². The Morgan fingerprint density at radius 3 is 1.30 bits per heavy atom. The molecule has 10 aromatic heterocycles. The Labute approximate surface area is 518 Å². The third kappa shape index (κ3) is 36.0. The summed E-state index contributed by atoms with van der Waals surface area (Å²) in [5, 5.41) is 23.5. The van der Waals surface area contributed by atoms with Crippen LogP contribution in [0.4, 0.5) is 0 Å². The van der Waals surface area contributed by atoms with Crippen LogP contribution >= 0.6 is 45.7 Å². The Kier molecular flexibility index (Phi) is 40.8. The van der Waals surface area contributed by atoms with E-state index in [9.17, 15) is 0 Å². The third-order valence-corrected chi connectivity index (χ3v) is 13.8. The molecule has 0 amide bonds. The van der Waals surface area contributed by atoms with Crippen LogP contribution in [-0.2, 0) is 0 Å². The largest absolute Gasteiger partial charge is 0.365 e. The first-order valence-corrected chi connectivity index (χ1v) is 31.8. The SMILES string of the molecule is CC(C)c1ccccn1.CC(C)c1cccnn1.CC(C)c1ccncn1.CC(C)c1ccon1.CC(C)c1ccsn1.CC(C)c1cscn1.CC(C)c1ncccn1.CC(C)c1nccs1.CC(C)c1ncns1.CC(C)c1ncon1. The van der Waals surface area contributed by atoms with Crippen LogP contribution in [0.5, 0.6) is 0 Å². The Balaban J connectivity index is 0.000000467. The normalized spacial score (nSPS) is 10.3. The van der Waals surface area contributed by atoms with Gasteiger partial charge in [0, 0.05) is 94.4 Å². The van der Waals surface area contributed by atoms with Crippen molar-refractivity contribution in [1.82, 2.24) is 74.1 Å². The third-order valence-electron chi connectivity index (χ3n) is 10.6. The highest BCUT2D eigenvalue weighted by Crippen LogP contribution is 2.17. The molecule has 0 bridgehead atoms. The summed E-state index contributed by atoms with van der Waals surface area (Å²) in [6.07, 6.45) is 16.8. The maximum Gasteiger partial charge on any atom is 0.213 e. The summed E-state index contributed by atoms with van der Waals surface area (Å²) in [4.78, 5) is 36.3. The van der Waals surface area contributed by atoms with Gasteiger partial charge in [0.25, 0.3) is 0 Å². The van der Waals surface area contributed by atoms with Gasteiger partial charge in [-0.15, -0.1) is 22.7 Å². The predicted molar refractivity (Wildman–Crippen MR) is 348 cm³/mol. The second kappa shape index (κ2) is 45.6. The first kappa shape index (κ1) is 75.2. The van der Waals surface area contributed by atoms with E-state index in [1.165, 1.54) is 45.9 Å². The molecule has 456 valence electrons. The lowest BCUT2D eigenvalue weighted by Crippen LogP contribution is -1.93. The van der Waals surface area contributed by atoms with Crippen molar-refractivity contribution in [3.63, 3.8) is 0 Å². The molecule has 0 fully saturated rings. The molecule has 0 spiro atoms. The first-order chi connectivity index (χ1) is 40.0. The molecule has 0 atom stereocenters. The fourth-order valence-corrected chi connectivity index (χ4v) is 8.06. The van der Waals surface area contributed by atoms with Crippen LogP contribution in [0.25, 0.3) is 0 Å². The number of thiazole rings is 2. The number of hydrogen-bond acceptors (Lipinski definition) is 21. The summed E-state index contributed by atoms with van der Waals surface area (Å²) in [6.45, 7) is 42.2. The Morgan fingerprint density at radius 1 is 0.393 bits per heavy atom. The van der Waals surface area contributed by atoms with Crippen LogP contribution in [-0.4, -0.2) is 74.1 Å². The molecule has 17 nitrogen and oxygen atoms in total. The van der Waals surface area contributed by atoms with Gasteiger partial charge in [-0.05, 0) is 101 Å². The van der Waals surface area contributed by atoms with Gasteiger partial charge in [0.05, 0.1) is 33.3 Å². The van der Waals surface area contributed by atoms with Crippen molar-refractivity contribution >= 4 is 45.7 Å².